The zero-order chi connectivity index (χ0) is 12.1. The molecule has 0 radical (unpaired) electrons. The standard InChI is InChI=1S/C13H16BrNO/c1-4-15(8-10(2)3)13-6-5-11(9-16)7-12(13)14/h5-7,9H,2,4,8H2,1,3H3. The first-order valence-electron chi connectivity index (χ1n) is 5.22. The third kappa shape index (κ3) is 3.20. The fraction of sp³-hybridized carbons (Fsp3) is 0.308. The van der Waals surface area contributed by atoms with Crippen LogP contribution < -0.4 is 4.90 Å². The summed E-state index contributed by atoms with van der Waals surface area (Å²) in [5.74, 6) is 0. The maximum Gasteiger partial charge on any atom is 0.150 e. The van der Waals surface area contributed by atoms with E-state index >= 15 is 0 Å². The summed E-state index contributed by atoms with van der Waals surface area (Å²) in [5, 5.41) is 0. The summed E-state index contributed by atoms with van der Waals surface area (Å²) in [4.78, 5) is 12.8. The van der Waals surface area contributed by atoms with Gasteiger partial charge in [0.25, 0.3) is 0 Å². The molecule has 0 saturated heterocycles. The van der Waals surface area contributed by atoms with Gasteiger partial charge in [0.2, 0.25) is 0 Å². The Hall–Kier alpha value is -1.09. The Kier molecular flexibility index (Phi) is 4.74. The van der Waals surface area contributed by atoms with Gasteiger partial charge in [0, 0.05) is 23.1 Å². The van der Waals surface area contributed by atoms with Crippen molar-refractivity contribution in [2.45, 2.75) is 13.8 Å². The van der Waals surface area contributed by atoms with Crippen LogP contribution in [0.15, 0.2) is 34.8 Å². The van der Waals surface area contributed by atoms with Crippen molar-refractivity contribution in [3.63, 3.8) is 0 Å². The van der Waals surface area contributed by atoms with Crippen LogP contribution in [0.1, 0.15) is 24.2 Å². The van der Waals surface area contributed by atoms with Crippen molar-refractivity contribution in [2.75, 3.05) is 18.0 Å². The molecule has 0 bridgehead atoms. The molecule has 1 aromatic rings. The molecular formula is C13H16BrNO. The van der Waals surface area contributed by atoms with Crippen molar-refractivity contribution >= 4 is 27.9 Å². The number of hydrogen-bond acceptors (Lipinski definition) is 2. The lowest BCUT2D eigenvalue weighted by Gasteiger charge is -2.24. The van der Waals surface area contributed by atoms with E-state index in [0.717, 1.165) is 35.1 Å². The highest BCUT2D eigenvalue weighted by Gasteiger charge is 2.08. The van der Waals surface area contributed by atoms with Crippen molar-refractivity contribution in [2.24, 2.45) is 0 Å². The quantitative estimate of drug-likeness (QED) is 0.606. The number of hydrogen-bond donors (Lipinski definition) is 0. The van der Waals surface area contributed by atoms with Crippen molar-refractivity contribution in [3.8, 4) is 0 Å². The molecule has 0 saturated carbocycles. The predicted molar refractivity (Wildman–Crippen MR) is 72.2 cm³/mol. The number of halogens is 1. The zero-order valence-corrected chi connectivity index (χ0v) is 11.3. The van der Waals surface area contributed by atoms with Crippen molar-refractivity contribution < 1.29 is 4.79 Å². The monoisotopic (exact) mass is 281 g/mol. The molecule has 0 aliphatic rings. The molecule has 3 heteroatoms. The summed E-state index contributed by atoms with van der Waals surface area (Å²) in [6, 6.07) is 5.62. The molecule has 0 amide bonds. The topological polar surface area (TPSA) is 20.3 Å². The van der Waals surface area contributed by atoms with Crippen LogP contribution in [-0.4, -0.2) is 19.4 Å². The molecule has 1 aromatic carbocycles. The minimum Gasteiger partial charge on any atom is -0.367 e. The van der Waals surface area contributed by atoms with E-state index in [2.05, 4.69) is 34.3 Å². The first-order valence-corrected chi connectivity index (χ1v) is 6.01. The molecule has 0 aliphatic heterocycles. The van der Waals surface area contributed by atoms with Crippen molar-refractivity contribution in [3.05, 3.63) is 40.4 Å². The van der Waals surface area contributed by atoms with Crippen LogP contribution in [0.3, 0.4) is 0 Å². The summed E-state index contributed by atoms with van der Waals surface area (Å²) in [7, 11) is 0. The molecule has 1 rings (SSSR count). The zero-order valence-electron chi connectivity index (χ0n) is 9.66. The number of carbonyl (C=O) groups is 1. The Morgan fingerprint density at radius 1 is 1.56 bits per heavy atom. The minimum absolute atomic E-state index is 0.682. The van der Waals surface area contributed by atoms with E-state index in [4.69, 9.17) is 0 Å². The Balaban J connectivity index is 3.01. The highest BCUT2D eigenvalue weighted by Crippen LogP contribution is 2.27. The van der Waals surface area contributed by atoms with Gasteiger partial charge in [0.1, 0.15) is 6.29 Å². The number of aldehydes is 1. The van der Waals surface area contributed by atoms with Gasteiger partial charge in [0.15, 0.2) is 0 Å². The average Bonchev–Trinajstić information content (AvgIpc) is 2.25. The summed E-state index contributed by atoms with van der Waals surface area (Å²) in [6.45, 7) is 9.77. The first kappa shape index (κ1) is 13.0. The van der Waals surface area contributed by atoms with E-state index in [0.29, 0.717) is 5.56 Å². The van der Waals surface area contributed by atoms with E-state index in [1.165, 1.54) is 0 Å². The fourth-order valence-corrected chi connectivity index (χ4v) is 2.19. The van der Waals surface area contributed by atoms with Crippen LogP contribution in [0.5, 0.6) is 0 Å². The lowest BCUT2D eigenvalue weighted by Crippen LogP contribution is -2.24. The first-order chi connectivity index (χ1) is 7.58. The van der Waals surface area contributed by atoms with Crippen LogP contribution in [0.2, 0.25) is 0 Å². The Morgan fingerprint density at radius 3 is 2.69 bits per heavy atom. The van der Waals surface area contributed by atoms with E-state index in [-0.39, 0.29) is 0 Å². The van der Waals surface area contributed by atoms with Crippen LogP contribution >= 0.6 is 15.9 Å². The van der Waals surface area contributed by atoms with E-state index < -0.39 is 0 Å². The number of carbonyl (C=O) groups excluding carboxylic acids is 1. The Bertz CT molecular complexity index is 401. The van der Waals surface area contributed by atoms with Gasteiger partial charge in [-0.05, 0) is 48.0 Å². The highest BCUT2D eigenvalue weighted by atomic mass is 79.9. The largest absolute Gasteiger partial charge is 0.367 e. The molecule has 86 valence electrons. The normalized spacial score (nSPS) is 9.94. The third-order valence-corrected chi connectivity index (χ3v) is 2.93. The van der Waals surface area contributed by atoms with Gasteiger partial charge in [0.05, 0.1) is 5.69 Å². The number of rotatable bonds is 5. The predicted octanol–water partition coefficient (Wildman–Crippen LogP) is 3.66. The third-order valence-electron chi connectivity index (χ3n) is 2.29. The van der Waals surface area contributed by atoms with Gasteiger partial charge in [-0.25, -0.2) is 0 Å². The van der Waals surface area contributed by atoms with Gasteiger partial charge in [-0.2, -0.15) is 0 Å². The maximum atomic E-state index is 10.6. The summed E-state index contributed by atoms with van der Waals surface area (Å²) in [5.41, 5.74) is 2.89. The van der Waals surface area contributed by atoms with Crippen molar-refractivity contribution in [1.82, 2.24) is 0 Å². The maximum absolute atomic E-state index is 10.6. The van der Waals surface area contributed by atoms with Gasteiger partial charge in [-0.1, -0.05) is 12.2 Å². The minimum atomic E-state index is 0.682. The lowest BCUT2D eigenvalue weighted by atomic mass is 10.2. The number of benzene rings is 1. The summed E-state index contributed by atoms with van der Waals surface area (Å²) in [6.07, 6.45) is 0.851. The molecule has 2 nitrogen and oxygen atoms in total. The molecule has 0 N–H and O–H groups in total. The number of likely N-dealkylation sites (N-methyl/N-ethyl adjacent to an activating group) is 1. The SMILES string of the molecule is C=C(C)CN(CC)c1ccc(C=O)cc1Br. The summed E-state index contributed by atoms with van der Waals surface area (Å²) < 4.78 is 0.945. The van der Waals surface area contributed by atoms with Crippen LogP contribution in [0.4, 0.5) is 5.69 Å². The molecule has 0 heterocycles. The van der Waals surface area contributed by atoms with Crippen LogP contribution in [-0.2, 0) is 0 Å². The van der Waals surface area contributed by atoms with Gasteiger partial charge in [-0.15, -0.1) is 0 Å². The van der Waals surface area contributed by atoms with Crippen LogP contribution in [0, 0.1) is 0 Å². The molecule has 0 atom stereocenters. The Labute approximate surface area is 105 Å². The summed E-state index contributed by atoms with van der Waals surface area (Å²) >= 11 is 3.49. The second-order valence-electron chi connectivity index (χ2n) is 3.80. The smallest absolute Gasteiger partial charge is 0.150 e. The molecule has 0 unspecified atom stereocenters. The fourth-order valence-electron chi connectivity index (χ4n) is 1.55. The molecule has 0 aliphatic carbocycles. The number of anilines is 1. The Morgan fingerprint density at radius 2 is 2.25 bits per heavy atom. The van der Waals surface area contributed by atoms with Gasteiger partial charge < -0.3 is 4.90 Å². The second-order valence-corrected chi connectivity index (χ2v) is 4.65. The van der Waals surface area contributed by atoms with Crippen LogP contribution in [0.25, 0.3) is 0 Å². The number of nitrogens with zero attached hydrogens (tertiary/aromatic N) is 1. The average molecular weight is 282 g/mol. The molecule has 16 heavy (non-hydrogen) atoms. The molecular weight excluding hydrogens is 266 g/mol. The second kappa shape index (κ2) is 5.85. The van der Waals surface area contributed by atoms with E-state index in [1.807, 2.05) is 25.1 Å². The van der Waals surface area contributed by atoms with Gasteiger partial charge in [-0.3, -0.25) is 4.79 Å². The molecule has 0 spiro atoms. The van der Waals surface area contributed by atoms with E-state index in [1.54, 1.807) is 0 Å². The lowest BCUT2D eigenvalue weighted by molar-refractivity contribution is 0.112. The highest BCUT2D eigenvalue weighted by molar-refractivity contribution is 9.10. The molecule has 0 aromatic heterocycles. The van der Waals surface area contributed by atoms with Crippen molar-refractivity contribution in [1.29, 1.82) is 0 Å². The van der Waals surface area contributed by atoms with E-state index in [9.17, 15) is 4.79 Å². The molecule has 0 fully saturated rings. The van der Waals surface area contributed by atoms with Gasteiger partial charge >= 0.3 is 0 Å².